The lowest BCUT2D eigenvalue weighted by molar-refractivity contribution is 0.0697. The van der Waals surface area contributed by atoms with E-state index in [2.05, 4.69) is 51.9 Å². The van der Waals surface area contributed by atoms with Crippen LogP contribution in [0.1, 0.15) is 21.7 Å². The Kier molecular flexibility index (Phi) is 4.33. The molecule has 0 unspecified atom stereocenters. The third-order valence-corrected chi connectivity index (χ3v) is 5.15. The van der Waals surface area contributed by atoms with Gasteiger partial charge in [-0.05, 0) is 37.6 Å². The molecule has 134 valence electrons. The van der Waals surface area contributed by atoms with Crippen molar-refractivity contribution in [3.8, 4) is 11.1 Å². The van der Waals surface area contributed by atoms with Crippen LogP contribution in [0.2, 0.25) is 0 Å². The summed E-state index contributed by atoms with van der Waals surface area (Å²) in [5.74, 6) is 0.382. The van der Waals surface area contributed by atoms with Gasteiger partial charge >= 0.3 is 5.97 Å². The van der Waals surface area contributed by atoms with Crippen LogP contribution >= 0.6 is 11.3 Å². The van der Waals surface area contributed by atoms with Crippen molar-refractivity contribution in [2.24, 2.45) is 0 Å². The number of anilines is 2. The van der Waals surface area contributed by atoms with E-state index in [9.17, 15) is 9.90 Å². The van der Waals surface area contributed by atoms with Gasteiger partial charge in [-0.15, -0.1) is 11.3 Å². The summed E-state index contributed by atoms with van der Waals surface area (Å²) in [6.45, 7) is 3.91. The topological polar surface area (TPSA) is 75.1 Å². The normalized spacial score (nSPS) is 10.9. The summed E-state index contributed by atoms with van der Waals surface area (Å²) >= 11 is 1.57. The molecule has 0 saturated carbocycles. The number of carboxylic acid groups (broad SMARTS) is 1. The Labute approximate surface area is 160 Å². The predicted octanol–water partition coefficient (Wildman–Crippen LogP) is 5.42. The summed E-state index contributed by atoms with van der Waals surface area (Å²) in [6.07, 6.45) is 0. The first-order valence-electron chi connectivity index (χ1n) is 8.44. The molecule has 0 aliphatic rings. The van der Waals surface area contributed by atoms with Crippen LogP contribution in [0.25, 0.3) is 21.3 Å². The van der Waals surface area contributed by atoms with Crippen molar-refractivity contribution >= 4 is 39.0 Å². The molecule has 0 radical (unpaired) electrons. The number of rotatable bonds is 4. The van der Waals surface area contributed by atoms with Gasteiger partial charge in [0.1, 0.15) is 16.5 Å². The summed E-state index contributed by atoms with van der Waals surface area (Å²) in [5.41, 5.74) is 4.27. The summed E-state index contributed by atoms with van der Waals surface area (Å²) in [5, 5.41) is 15.5. The number of aromatic nitrogens is 2. The molecule has 0 bridgehead atoms. The molecule has 0 saturated heterocycles. The molecule has 6 heteroatoms. The van der Waals surface area contributed by atoms with Crippen LogP contribution < -0.4 is 5.32 Å². The van der Waals surface area contributed by atoms with Crippen molar-refractivity contribution in [2.75, 3.05) is 5.32 Å². The van der Waals surface area contributed by atoms with Gasteiger partial charge in [0.15, 0.2) is 0 Å². The summed E-state index contributed by atoms with van der Waals surface area (Å²) in [7, 11) is 0. The maximum atomic E-state index is 11.2. The van der Waals surface area contributed by atoms with Crippen LogP contribution in [0.3, 0.4) is 0 Å². The number of aromatic carboxylic acids is 1. The molecule has 4 aromatic rings. The molecule has 2 N–H and O–H groups in total. The van der Waals surface area contributed by atoms with Gasteiger partial charge in [0, 0.05) is 16.6 Å². The van der Waals surface area contributed by atoms with E-state index in [1.807, 2.05) is 13.0 Å². The lowest BCUT2D eigenvalue weighted by Crippen LogP contribution is -2.01. The second-order valence-corrected chi connectivity index (χ2v) is 7.18. The highest BCUT2D eigenvalue weighted by Gasteiger charge is 2.15. The number of nitrogens with one attached hydrogen (secondary N) is 1. The monoisotopic (exact) mass is 375 g/mol. The van der Waals surface area contributed by atoms with Gasteiger partial charge in [-0.25, -0.2) is 14.8 Å². The Morgan fingerprint density at radius 1 is 1.07 bits per heavy atom. The maximum Gasteiger partial charge on any atom is 0.335 e. The third kappa shape index (κ3) is 3.39. The Balaban J connectivity index is 1.84. The van der Waals surface area contributed by atoms with Crippen LogP contribution in [-0.2, 0) is 0 Å². The van der Waals surface area contributed by atoms with Gasteiger partial charge in [0.25, 0.3) is 0 Å². The Bertz CT molecular complexity index is 1150. The molecule has 0 aliphatic heterocycles. The fraction of sp³-hybridized carbons (Fsp3) is 0.0952. The molecule has 0 atom stereocenters. The maximum absolute atomic E-state index is 11.2. The smallest absolute Gasteiger partial charge is 0.335 e. The average Bonchev–Trinajstić information content (AvgIpc) is 3.06. The Morgan fingerprint density at radius 2 is 1.85 bits per heavy atom. The minimum atomic E-state index is -0.960. The van der Waals surface area contributed by atoms with E-state index < -0.39 is 5.97 Å². The van der Waals surface area contributed by atoms with Crippen molar-refractivity contribution < 1.29 is 9.90 Å². The highest BCUT2D eigenvalue weighted by Crippen LogP contribution is 2.38. The van der Waals surface area contributed by atoms with E-state index in [1.54, 1.807) is 29.5 Å². The van der Waals surface area contributed by atoms with Gasteiger partial charge in [-0.1, -0.05) is 35.9 Å². The summed E-state index contributed by atoms with van der Waals surface area (Å²) < 4.78 is 0. The quantitative estimate of drug-likeness (QED) is 0.498. The molecule has 2 heterocycles. The summed E-state index contributed by atoms with van der Waals surface area (Å²) in [4.78, 5) is 21.3. The first kappa shape index (κ1) is 17.2. The number of fused-ring (bicyclic) bond motifs is 1. The van der Waals surface area contributed by atoms with Crippen molar-refractivity contribution in [3.63, 3.8) is 0 Å². The molecule has 0 fully saturated rings. The van der Waals surface area contributed by atoms with E-state index in [4.69, 9.17) is 0 Å². The van der Waals surface area contributed by atoms with E-state index in [-0.39, 0.29) is 5.56 Å². The number of nitrogens with zero attached hydrogens (tertiary/aromatic N) is 2. The van der Waals surface area contributed by atoms with Gasteiger partial charge in [-0.2, -0.15) is 0 Å². The first-order valence-corrected chi connectivity index (χ1v) is 9.32. The Morgan fingerprint density at radius 3 is 2.59 bits per heavy atom. The zero-order chi connectivity index (χ0) is 19.0. The fourth-order valence-electron chi connectivity index (χ4n) is 2.95. The zero-order valence-electron chi connectivity index (χ0n) is 14.9. The number of hydrogen-bond acceptors (Lipinski definition) is 5. The van der Waals surface area contributed by atoms with E-state index in [0.717, 1.165) is 21.3 Å². The van der Waals surface area contributed by atoms with Gasteiger partial charge < -0.3 is 10.4 Å². The number of carbonyl (C=O) groups is 1. The third-order valence-electron chi connectivity index (χ3n) is 4.28. The van der Waals surface area contributed by atoms with Gasteiger partial charge in [0.05, 0.1) is 10.9 Å². The SMILES string of the molecule is Cc1ccc(-c2csc3nc(C)nc(Nc4cccc(C(=O)O)c4)c23)cc1. The molecule has 2 aromatic carbocycles. The number of thiophene rings is 1. The van der Waals surface area contributed by atoms with Crippen LogP contribution in [-0.4, -0.2) is 21.0 Å². The number of aryl methyl sites for hydroxylation is 2. The first-order chi connectivity index (χ1) is 13.0. The largest absolute Gasteiger partial charge is 0.478 e. The molecule has 2 aromatic heterocycles. The van der Waals surface area contributed by atoms with Gasteiger partial charge in [-0.3, -0.25) is 0 Å². The number of hydrogen-bond donors (Lipinski definition) is 2. The van der Waals surface area contributed by atoms with Crippen LogP contribution in [0.4, 0.5) is 11.5 Å². The molecule has 4 rings (SSSR count). The lowest BCUT2D eigenvalue weighted by atomic mass is 10.0. The van der Waals surface area contributed by atoms with Crippen LogP contribution in [0.5, 0.6) is 0 Å². The standard InChI is InChI=1S/C21H17N3O2S/c1-12-6-8-14(9-7-12)17-11-27-20-18(17)19(22-13(2)23-20)24-16-5-3-4-15(10-16)21(25)26/h3-11H,1-2H3,(H,25,26)(H,22,23,24). The molecule has 5 nitrogen and oxygen atoms in total. The molecule has 0 spiro atoms. The average molecular weight is 375 g/mol. The number of benzene rings is 2. The second kappa shape index (κ2) is 6.81. The highest BCUT2D eigenvalue weighted by molar-refractivity contribution is 7.17. The Hall–Kier alpha value is -3.25. The molecule has 0 aliphatic carbocycles. The van der Waals surface area contributed by atoms with Crippen molar-refractivity contribution in [3.05, 3.63) is 70.9 Å². The highest BCUT2D eigenvalue weighted by atomic mass is 32.1. The van der Waals surface area contributed by atoms with Crippen molar-refractivity contribution in [2.45, 2.75) is 13.8 Å². The van der Waals surface area contributed by atoms with E-state index in [0.29, 0.717) is 17.3 Å². The molecular formula is C21H17N3O2S. The van der Waals surface area contributed by atoms with E-state index in [1.165, 1.54) is 5.56 Å². The minimum absolute atomic E-state index is 0.228. The molecule has 0 amide bonds. The molecular weight excluding hydrogens is 358 g/mol. The lowest BCUT2D eigenvalue weighted by Gasteiger charge is -2.10. The minimum Gasteiger partial charge on any atom is -0.478 e. The van der Waals surface area contributed by atoms with Crippen molar-refractivity contribution in [1.29, 1.82) is 0 Å². The van der Waals surface area contributed by atoms with E-state index >= 15 is 0 Å². The fourth-order valence-corrected chi connectivity index (χ4v) is 3.94. The van der Waals surface area contributed by atoms with Crippen LogP contribution in [0, 0.1) is 13.8 Å². The van der Waals surface area contributed by atoms with Crippen LogP contribution in [0.15, 0.2) is 53.9 Å². The zero-order valence-corrected chi connectivity index (χ0v) is 15.7. The van der Waals surface area contributed by atoms with Gasteiger partial charge in [0.2, 0.25) is 0 Å². The summed E-state index contributed by atoms with van der Waals surface area (Å²) in [6, 6.07) is 15.0. The molecule has 27 heavy (non-hydrogen) atoms. The predicted molar refractivity (Wildman–Crippen MR) is 109 cm³/mol. The number of carboxylic acids is 1. The second-order valence-electron chi connectivity index (χ2n) is 6.33. The van der Waals surface area contributed by atoms with Crippen molar-refractivity contribution in [1.82, 2.24) is 9.97 Å².